The van der Waals surface area contributed by atoms with E-state index < -0.39 is 0 Å². The predicted molar refractivity (Wildman–Crippen MR) is 183 cm³/mol. The maximum absolute atomic E-state index is 10.0. The van der Waals surface area contributed by atoms with Crippen molar-refractivity contribution in [3.63, 3.8) is 0 Å². The van der Waals surface area contributed by atoms with Crippen LogP contribution in [0.15, 0.2) is 84.9 Å². The summed E-state index contributed by atoms with van der Waals surface area (Å²) in [5, 5.41) is 2.62. The Balaban J connectivity index is -0.000000140. The smallest absolute Gasteiger partial charge is 0.195 e. The summed E-state index contributed by atoms with van der Waals surface area (Å²) in [6.07, 6.45) is 0.0833. The largest absolute Gasteiger partial charge is 0.300 e. The van der Waals surface area contributed by atoms with Gasteiger partial charge in [-0.25, -0.2) is 0 Å². The molecule has 3 aromatic carbocycles. The van der Waals surface area contributed by atoms with E-state index in [-0.39, 0.29) is 52.7 Å². The maximum Gasteiger partial charge on any atom is 0.195 e. The Bertz CT molecular complexity index is 1100. The monoisotopic (exact) mass is 624 g/mol. The van der Waals surface area contributed by atoms with Gasteiger partial charge in [0.1, 0.15) is 34.7 Å². The molecule has 0 aliphatic heterocycles. The van der Waals surface area contributed by atoms with Crippen molar-refractivity contribution < 1.29 is 38.4 Å². The number of hydrogen-bond donors (Lipinski definition) is 0. The van der Waals surface area contributed by atoms with Crippen LogP contribution in [0.25, 0.3) is 10.8 Å². The van der Waals surface area contributed by atoms with E-state index in [2.05, 4.69) is 48.5 Å². The lowest BCUT2D eigenvalue weighted by Gasteiger charge is -1.92. The summed E-state index contributed by atoms with van der Waals surface area (Å²) in [6.45, 7) is 17.5. The fraction of sp³-hybridized carbons (Fsp3) is 0.351. The number of benzene rings is 3. The molecule has 0 bridgehead atoms. The summed E-state index contributed by atoms with van der Waals surface area (Å²) in [6, 6.07) is 28.7. The summed E-state index contributed by atoms with van der Waals surface area (Å²) >= 11 is 0. The van der Waals surface area contributed by atoms with Gasteiger partial charge in [-0.2, -0.15) is 0 Å². The Hall–Kier alpha value is -4.72. The van der Waals surface area contributed by atoms with Crippen LogP contribution < -0.4 is 0 Å². The molecule has 248 valence electrons. The van der Waals surface area contributed by atoms with Crippen LogP contribution in [0.3, 0.4) is 0 Å². The normalized spacial score (nSPS) is 7.91. The molecule has 0 aliphatic rings. The Kier molecular flexibility index (Phi) is 39.4. The number of Topliss-reactive ketones (excluding diaryl/α,β-unsaturated/α-hetero) is 8. The molecule has 0 saturated heterocycles. The second-order valence-electron chi connectivity index (χ2n) is 9.83. The van der Waals surface area contributed by atoms with Crippen LogP contribution in [-0.4, -0.2) is 46.3 Å². The van der Waals surface area contributed by atoms with Gasteiger partial charge in [-0.15, -0.1) is 0 Å². The molecule has 0 fully saturated rings. The summed E-state index contributed by atoms with van der Waals surface area (Å²) in [4.78, 5) is 77.4. The SMILES string of the molecule is CC(=O)C(C)=O.CC(=O)CC(C)=O.CC(C)=O.CC(C)=O.CC(C)=O.CC(C)=O.c1ccc2ccccc2c1.c1ccccc1. The molecule has 0 aliphatic carbocycles. The highest BCUT2D eigenvalue weighted by molar-refractivity contribution is 6.35. The molecule has 0 unspecified atom stereocenters. The molecule has 0 radical (unpaired) electrons. The van der Waals surface area contributed by atoms with Crippen LogP contribution in [0.1, 0.15) is 89.5 Å². The van der Waals surface area contributed by atoms with Crippen LogP contribution in [0, 0.1) is 0 Å². The van der Waals surface area contributed by atoms with Crippen molar-refractivity contribution in [1.82, 2.24) is 0 Å². The molecule has 0 heterocycles. The zero-order valence-corrected chi connectivity index (χ0v) is 29.1. The van der Waals surface area contributed by atoms with E-state index in [0.717, 1.165) is 0 Å². The minimum Gasteiger partial charge on any atom is -0.300 e. The summed E-state index contributed by atoms with van der Waals surface area (Å²) in [7, 11) is 0. The van der Waals surface area contributed by atoms with E-state index in [1.807, 2.05) is 36.4 Å². The fourth-order valence-electron chi connectivity index (χ4n) is 1.87. The standard InChI is InChI=1S/C10H8.C6H6.C5H8O2.C4H6O2.4C3H6O/c1-2-6-10-8-4-3-7-9(10)5-1;1-2-4-6-5-3-1;1-4(6)3-5(2)7;1-3(5)4(2)6;4*1-3(2)4/h1-8H;1-6H;3H2,1-2H3;1-2H3;4*1-2H3. The minimum atomic E-state index is -0.380. The lowest BCUT2D eigenvalue weighted by Crippen LogP contribution is -2.01. The van der Waals surface area contributed by atoms with Crippen LogP contribution in [-0.2, 0) is 38.4 Å². The van der Waals surface area contributed by atoms with Gasteiger partial charge in [-0.05, 0) is 80.0 Å². The van der Waals surface area contributed by atoms with Gasteiger partial charge in [0, 0.05) is 13.8 Å². The molecule has 45 heavy (non-hydrogen) atoms. The molecule has 3 aromatic rings. The number of carbonyl (C=O) groups excluding carboxylic acids is 8. The molecule has 0 atom stereocenters. The second kappa shape index (κ2) is 35.5. The summed E-state index contributed by atoms with van der Waals surface area (Å²) in [5.74, 6) is -0.218. The summed E-state index contributed by atoms with van der Waals surface area (Å²) in [5.41, 5.74) is 0. The van der Waals surface area contributed by atoms with E-state index in [1.165, 1.54) is 93.9 Å². The quantitative estimate of drug-likeness (QED) is 0.214. The summed E-state index contributed by atoms with van der Waals surface area (Å²) < 4.78 is 0. The van der Waals surface area contributed by atoms with Crippen molar-refractivity contribution in [2.75, 3.05) is 0 Å². The van der Waals surface area contributed by atoms with Gasteiger partial charge in [0.2, 0.25) is 0 Å². The lowest BCUT2D eigenvalue weighted by molar-refractivity contribution is -0.134. The van der Waals surface area contributed by atoms with E-state index in [4.69, 9.17) is 0 Å². The number of ketones is 8. The molecule has 3 rings (SSSR count). The Morgan fingerprint density at radius 1 is 0.333 bits per heavy atom. The van der Waals surface area contributed by atoms with Crippen molar-refractivity contribution in [2.45, 2.75) is 89.5 Å². The van der Waals surface area contributed by atoms with Crippen LogP contribution >= 0.6 is 0 Å². The molecule has 0 N–H and O–H groups in total. The van der Waals surface area contributed by atoms with E-state index in [9.17, 15) is 38.4 Å². The topological polar surface area (TPSA) is 137 Å². The third kappa shape index (κ3) is 73.4. The highest BCUT2D eigenvalue weighted by atomic mass is 16.2. The van der Waals surface area contributed by atoms with Crippen molar-refractivity contribution >= 4 is 57.0 Å². The lowest BCUT2D eigenvalue weighted by atomic mass is 10.1. The van der Waals surface area contributed by atoms with Gasteiger partial charge < -0.3 is 19.2 Å². The van der Waals surface area contributed by atoms with Gasteiger partial charge in [-0.3, -0.25) is 19.2 Å². The van der Waals surface area contributed by atoms with Crippen molar-refractivity contribution in [3.05, 3.63) is 84.9 Å². The molecule has 0 aromatic heterocycles. The molecular formula is C37H52O8. The third-order valence-electron chi connectivity index (χ3n) is 3.32. The third-order valence-corrected chi connectivity index (χ3v) is 3.32. The molecule has 0 spiro atoms. The van der Waals surface area contributed by atoms with Crippen LogP contribution in [0.4, 0.5) is 0 Å². The molecule has 0 amide bonds. The fourth-order valence-corrected chi connectivity index (χ4v) is 1.87. The minimum absolute atomic E-state index is 0.0625. The molecule has 8 heteroatoms. The molecule has 0 saturated carbocycles. The van der Waals surface area contributed by atoms with Gasteiger partial charge in [-0.1, -0.05) is 84.9 Å². The second-order valence-corrected chi connectivity index (χ2v) is 9.83. The van der Waals surface area contributed by atoms with Crippen molar-refractivity contribution in [3.8, 4) is 0 Å². The number of carbonyl (C=O) groups is 8. The van der Waals surface area contributed by atoms with Crippen molar-refractivity contribution in [1.29, 1.82) is 0 Å². The van der Waals surface area contributed by atoms with Crippen molar-refractivity contribution in [2.24, 2.45) is 0 Å². The maximum atomic E-state index is 10.0. The molecule has 8 nitrogen and oxygen atoms in total. The van der Waals surface area contributed by atoms with Gasteiger partial charge >= 0.3 is 0 Å². The first kappa shape index (κ1) is 49.9. The molecular weight excluding hydrogens is 572 g/mol. The highest BCUT2D eigenvalue weighted by Gasteiger charge is 1.95. The first-order chi connectivity index (χ1) is 20.7. The average Bonchev–Trinajstić information content (AvgIpc) is 2.89. The first-order valence-corrected chi connectivity index (χ1v) is 14.0. The van der Waals surface area contributed by atoms with Gasteiger partial charge in [0.25, 0.3) is 0 Å². The van der Waals surface area contributed by atoms with E-state index in [0.29, 0.717) is 0 Å². The Morgan fingerprint density at radius 2 is 0.489 bits per heavy atom. The Labute approximate surface area is 269 Å². The van der Waals surface area contributed by atoms with E-state index >= 15 is 0 Å². The zero-order chi connectivity index (χ0) is 36.4. The van der Waals surface area contributed by atoms with Crippen LogP contribution in [0.5, 0.6) is 0 Å². The number of rotatable bonds is 3. The first-order valence-electron chi connectivity index (χ1n) is 14.0. The predicted octanol–water partition coefficient (Wildman–Crippen LogP) is 7.63. The van der Waals surface area contributed by atoms with Gasteiger partial charge in [0.15, 0.2) is 11.6 Å². The highest BCUT2D eigenvalue weighted by Crippen LogP contribution is 2.11. The Morgan fingerprint density at radius 3 is 0.578 bits per heavy atom. The zero-order valence-electron chi connectivity index (χ0n) is 29.1. The van der Waals surface area contributed by atoms with E-state index in [1.54, 1.807) is 0 Å². The van der Waals surface area contributed by atoms with Gasteiger partial charge in [0.05, 0.1) is 6.42 Å². The number of hydrogen-bond acceptors (Lipinski definition) is 8. The number of fused-ring (bicyclic) bond motifs is 1. The average molecular weight is 625 g/mol. The van der Waals surface area contributed by atoms with Crippen LogP contribution in [0.2, 0.25) is 0 Å².